The van der Waals surface area contributed by atoms with Gasteiger partial charge in [0.1, 0.15) is 10.2 Å². The number of carboxylic acids is 1. The molecule has 0 aliphatic carbocycles. The van der Waals surface area contributed by atoms with Gasteiger partial charge in [0.2, 0.25) is 11.8 Å². The van der Waals surface area contributed by atoms with E-state index in [0.717, 1.165) is 37.8 Å². The number of hydrogen-bond acceptors (Lipinski definition) is 21. The predicted molar refractivity (Wildman–Crippen MR) is 287 cm³/mol. The normalized spacial score (nSPS) is 10.9. The van der Waals surface area contributed by atoms with Crippen molar-refractivity contribution in [2.24, 2.45) is 5.73 Å². The first-order valence-electron chi connectivity index (χ1n) is 22.3. The molecule has 0 saturated carbocycles. The lowest BCUT2D eigenvalue weighted by molar-refractivity contribution is 0.0530. The van der Waals surface area contributed by atoms with Crippen molar-refractivity contribution >= 4 is 69.0 Å². The van der Waals surface area contributed by atoms with Gasteiger partial charge in [-0.05, 0) is 73.1 Å². The molecule has 21 nitrogen and oxygen atoms in total. The summed E-state index contributed by atoms with van der Waals surface area (Å²) in [5.74, 6) is 1.84. The van der Waals surface area contributed by atoms with Crippen LogP contribution in [0.2, 0.25) is 0 Å². The molecule has 0 radical (unpaired) electrons. The summed E-state index contributed by atoms with van der Waals surface area (Å²) in [6.45, 7) is 6.54. The van der Waals surface area contributed by atoms with Gasteiger partial charge in [-0.15, -0.1) is 43.9 Å². The van der Waals surface area contributed by atoms with E-state index in [9.17, 15) is 9.59 Å². The maximum atomic E-state index is 11.9. The second kappa shape index (κ2) is 25.4. The first-order valence-corrected chi connectivity index (χ1v) is 25.1. The Balaban J connectivity index is 0.000000182. The molecule has 9 rings (SSSR count). The highest BCUT2D eigenvalue weighted by atomic mass is 79.9. The van der Waals surface area contributed by atoms with E-state index in [0.29, 0.717) is 58.0 Å². The standard InChI is InChI=1S/C25H26N6O3S.C20H18N6OS.C5H4BrN3O2/c1-25(2,3)34-24(32)27-13-14-35-19-12-8-7-11-17(19)18-15-28-21(26)20(29-18)23-31-30-22(33-23)16-9-5-4-6-10-16;21-10-11-28-16-9-5-4-8-14(16)15-12-23-18(22)17(24-15)20-26-25-19(27-20)13-6-2-1-3-7-13;6-2-1-8-4(7)3(9-2)5(10)11/h4-12,15H,13-14H2,1-3H3,(H2,26,28)(H,27,32);1-9,12H,10-11,21H2,(H2,22,23);1H,(H2,7,8)(H,10,11). The monoisotopic (exact) mass is 1100 g/mol. The summed E-state index contributed by atoms with van der Waals surface area (Å²) in [6.07, 6.45) is 4.16. The highest BCUT2D eigenvalue weighted by Gasteiger charge is 2.21. The zero-order valence-corrected chi connectivity index (χ0v) is 43.1. The van der Waals surface area contributed by atoms with Gasteiger partial charge in [-0.1, -0.05) is 72.8 Å². The lowest BCUT2D eigenvalue weighted by Gasteiger charge is -2.19. The third-order valence-electron chi connectivity index (χ3n) is 9.60. The van der Waals surface area contributed by atoms with E-state index in [1.54, 1.807) is 35.9 Å². The van der Waals surface area contributed by atoms with E-state index in [1.165, 1.54) is 6.20 Å². The average molecular weight is 1100 g/mol. The van der Waals surface area contributed by atoms with Crippen LogP contribution < -0.4 is 28.3 Å². The minimum atomic E-state index is -1.18. The van der Waals surface area contributed by atoms with Crippen molar-refractivity contribution in [2.75, 3.05) is 41.8 Å². The molecule has 4 aromatic carbocycles. The van der Waals surface area contributed by atoms with Crippen LogP contribution in [0.5, 0.6) is 0 Å². The largest absolute Gasteiger partial charge is 0.476 e. The molecular formula is C50H48BrN15O6S2. The number of carboxylic acid groups (broad SMARTS) is 1. The number of rotatable bonds is 14. The zero-order chi connectivity index (χ0) is 52.6. The molecule has 0 bridgehead atoms. The number of nitrogens with two attached hydrogens (primary N) is 4. The molecule has 24 heteroatoms. The quantitative estimate of drug-likeness (QED) is 0.0436. The molecule has 74 heavy (non-hydrogen) atoms. The lowest BCUT2D eigenvalue weighted by atomic mass is 10.1. The highest BCUT2D eigenvalue weighted by Crippen LogP contribution is 2.35. The highest BCUT2D eigenvalue weighted by molar-refractivity contribution is 9.10. The summed E-state index contributed by atoms with van der Waals surface area (Å²) in [7, 11) is 0. The summed E-state index contributed by atoms with van der Waals surface area (Å²) in [6, 6.07) is 34.8. The molecule has 0 spiro atoms. The summed E-state index contributed by atoms with van der Waals surface area (Å²) in [4.78, 5) is 49.4. The first kappa shape index (κ1) is 53.5. The summed E-state index contributed by atoms with van der Waals surface area (Å²) >= 11 is 6.23. The number of amides is 1. The fourth-order valence-electron chi connectivity index (χ4n) is 6.34. The number of halogens is 1. The number of carbonyl (C=O) groups excluding carboxylic acids is 1. The van der Waals surface area contributed by atoms with Gasteiger partial charge < -0.3 is 46.9 Å². The minimum absolute atomic E-state index is 0.0827. The van der Waals surface area contributed by atoms with Crippen LogP contribution in [0.3, 0.4) is 0 Å². The van der Waals surface area contributed by atoms with Crippen molar-refractivity contribution < 1.29 is 28.3 Å². The number of thioether (sulfide) groups is 2. The molecule has 5 aromatic heterocycles. The van der Waals surface area contributed by atoms with Crippen molar-refractivity contribution in [1.29, 1.82) is 0 Å². The van der Waals surface area contributed by atoms with Crippen LogP contribution in [0.25, 0.3) is 68.6 Å². The Hall–Kier alpha value is -8.32. The molecule has 0 aliphatic heterocycles. The second-order valence-corrected chi connectivity index (χ2v) is 19.3. The number of carbonyl (C=O) groups is 2. The molecule has 0 atom stereocenters. The minimum Gasteiger partial charge on any atom is -0.476 e. The number of aromatic carboxylic acids is 1. The predicted octanol–water partition coefficient (Wildman–Crippen LogP) is 9.07. The number of benzene rings is 4. The summed E-state index contributed by atoms with van der Waals surface area (Å²) in [5.41, 5.74) is 27.7. The number of aromatic nitrogens is 10. The zero-order valence-electron chi connectivity index (χ0n) is 39.9. The Morgan fingerprint density at radius 2 is 1.07 bits per heavy atom. The van der Waals surface area contributed by atoms with Crippen molar-refractivity contribution in [3.63, 3.8) is 0 Å². The smallest absolute Gasteiger partial charge is 0.407 e. The number of nitrogens with one attached hydrogen (secondary N) is 1. The van der Waals surface area contributed by atoms with E-state index in [-0.39, 0.29) is 34.9 Å². The maximum Gasteiger partial charge on any atom is 0.407 e. The van der Waals surface area contributed by atoms with Crippen molar-refractivity contribution in [2.45, 2.75) is 36.2 Å². The molecule has 10 N–H and O–H groups in total. The van der Waals surface area contributed by atoms with Gasteiger partial charge in [0.05, 0.1) is 30.0 Å². The lowest BCUT2D eigenvalue weighted by Crippen LogP contribution is -2.33. The number of ether oxygens (including phenoxy) is 1. The third-order valence-corrected chi connectivity index (χ3v) is 12.2. The topological polar surface area (TPSA) is 335 Å². The second-order valence-electron chi connectivity index (χ2n) is 16.2. The van der Waals surface area contributed by atoms with Crippen LogP contribution in [-0.4, -0.2) is 97.7 Å². The van der Waals surface area contributed by atoms with E-state index < -0.39 is 17.7 Å². The number of alkyl carbamates (subject to hydrolysis) is 1. The Morgan fingerprint density at radius 3 is 1.53 bits per heavy atom. The summed E-state index contributed by atoms with van der Waals surface area (Å²) < 4.78 is 17.2. The van der Waals surface area contributed by atoms with Crippen LogP contribution in [0.1, 0.15) is 31.3 Å². The molecule has 0 saturated heterocycles. The SMILES string of the molecule is CC(C)(C)OC(=O)NCCSc1ccccc1-c1cnc(N)c(-c2nnc(-c3ccccc3)o2)n1.NCCSc1ccccc1-c1cnc(N)c(-c2nnc(-c3ccccc3)o2)n1.Nc1ncc(Br)nc1C(=O)O. The van der Waals surface area contributed by atoms with Gasteiger partial charge >= 0.3 is 12.1 Å². The first-order chi connectivity index (χ1) is 35.7. The number of anilines is 3. The van der Waals surface area contributed by atoms with E-state index in [2.05, 4.69) is 66.6 Å². The number of nitrogen functional groups attached to an aromatic ring is 3. The van der Waals surface area contributed by atoms with Gasteiger partial charge in [0, 0.05) is 56.6 Å². The number of nitrogens with zero attached hydrogens (tertiary/aromatic N) is 10. The molecule has 0 unspecified atom stereocenters. The van der Waals surface area contributed by atoms with Gasteiger partial charge in [-0.3, -0.25) is 0 Å². The fourth-order valence-corrected chi connectivity index (χ4v) is 8.39. The Labute approximate surface area is 441 Å². The van der Waals surface area contributed by atoms with Crippen molar-refractivity contribution in [3.8, 4) is 68.6 Å². The molecule has 0 aliphatic rings. The summed E-state index contributed by atoms with van der Waals surface area (Å²) in [5, 5.41) is 27.7. The maximum absolute atomic E-state index is 11.9. The van der Waals surface area contributed by atoms with Crippen molar-refractivity contribution in [3.05, 3.63) is 138 Å². The van der Waals surface area contributed by atoms with Crippen molar-refractivity contribution in [1.82, 2.24) is 55.6 Å². The van der Waals surface area contributed by atoms with Crippen LogP contribution in [-0.2, 0) is 4.74 Å². The Bertz CT molecular complexity index is 3330. The molecule has 378 valence electrons. The number of hydrogen-bond donors (Lipinski definition) is 6. The fraction of sp³-hybridized carbons (Fsp3) is 0.160. The molecule has 9 aromatic rings. The van der Waals surface area contributed by atoms with Gasteiger partial charge in [-0.2, -0.15) is 0 Å². The molecule has 0 fully saturated rings. The van der Waals surface area contributed by atoms with Crippen LogP contribution >= 0.6 is 39.5 Å². The van der Waals surface area contributed by atoms with Crippen LogP contribution in [0.4, 0.5) is 22.2 Å². The van der Waals surface area contributed by atoms with E-state index in [4.69, 9.17) is 46.6 Å². The van der Waals surface area contributed by atoms with Gasteiger partial charge in [0.15, 0.2) is 34.5 Å². The van der Waals surface area contributed by atoms with E-state index in [1.807, 2.05) is 130 Å². The molecular weight excluding hydrogens is 1050 g/mol. The Morgan fingerprint density at radius 1 is 0.622 bits per heavy atom. The Kier molecular flexibility index (Phi) is 18.3. The van der Waals surface area contributed by atoms with Gasteiger partial charge in [-0.25, -0.2) is 39.5 Å². The van der Waals surface area contributed by atoms with E-state index >= 15 is 0 Å². The van der Waals surface area contributed by atoms with Gasteiger partial charge in [0.25, 0.3) is 11.8 Å². The molecule has 5 heterocycles. The average Bonchev–Trinajstić information content (AvgIpc) is 4.11. The third kappa shape index (κ3) is 14.7. The van der Waals surface area contributed by atoms with Crippen LogP contribution in [0.15, 0.2) is 151 Å². The molecule has 1 amide bonds. The van der Waals surface area contributed by atoms with Crippen LogP contribution in [0, 0.1) is 0 Å².